The van der Waals surface area contributed by atoms with Crippen LogP contribution in [0.3, 0.4) is 0 Å². The van der Waals surface area contributed by atoms with Crippen LogP contribution < -0.4 is 0 Å². The molecular weight excluding hydrogens is 162 g/mol. The van der Waals surface area contributed by atoms with Gasteiger partial charge in [-0.3, -0.25) is 4.21 Å². The van der Waals surface area contributed by atoms with Gasteiger partial charge in [0.1, 0.15) is 0 Å². The Labute approximate surface area is 69.1 Å². The van der Waals surface area contributed by atoms with Crippen LogP contribution in [0.25, 0.3) is 0 Å². The van der Waals surface area contributed by atoms with E-state index in [2.05, 4.69) is 4.40 Å². The Balaban J connectivity index is 4.49. The second kappa shape index (κ2) is 3.45. The zero-order valence-electron chi connectivity index (χ0n) is 7.53. The molecule has 0 aliphatic rings. The summed E-state index contributed by atoms with van der Waals surface area (Å²) in [6, 6.07) is 0. The predicted molar refractivity (Wildman–Crippen MR) is 50.8 cm³/mol. The maximum absolute atomic E-state index is 11.7. The third kappa shape index (κ3) is 3.12. The van der Waals surface area contributed by atoms with Crippen molar-refractivity contribution in [1.29, 1.82) is 0 Å². The monoisotopic (exact) mass is 179 g/mol. The lowest BCUT2D eigenvalue weighted by Gasteiger charge is -2.29. The van der Waals surface area contributed by atoms with Crippen molar-refractivity contribution in [2.75, 3.05) is 12.9 Å². The molecule has 0 saturated heterocycles. The third-order valence-corrected chi connectivity index (χ3v) is 4.72. The molecule has 0 aliphatic heterocycles. The largest absolute Gasteiger partial charge is 0.391 e. The first kappa shape index (κ1) is 10.8. The van der Waals surface area contributed by atoms with E-state index in [9.17, 15) is 4.21 Å². The molecule has 0 heterocycles. The van der Waals surface area contributed by atoms with Crippen molar-refractivity contribution in [3.8, 4) is 0 Å². The van der Waals surface area contributed by atoms with Crippen LogP contribution >= 0.6 is 0 Å². The Bertz CT molecular complexity index is 193. The van der Waals surface area contributed by atoms with Crippen molar-refractivity contribution in [3.63, 3.8) is 0 Å². The summed E-state index contributed by atoms with van der Waals surface area (Å²) in [6.45, 7) is 5.49. The van der Waals surface area contributed by atoms with Crippen molar-refractivity contribution in [2.24, 2.45) is 4.40 Å². The maximum atomic E-state index is 11.7. The SMILES string of the molecule is CC(C)(C)[SH](C)(=O)/N=C/CO. The number of aliphatic hydroxyl groups excluding tert-OH is 1. The molecule has 1 N–H and O–H groups in total. The van der Waals surface area contributed by atoms with Gasteiger partial charge in [0.25, 0.3) is 0 Å². The smallest absolute Gasteiger partial charge is 0.0790 e. The first-order valence-corrected chi connectivity index (χ1v) is 5.64. The van der Waals surface area contributed by atoms with Crippen LogP contribution in [0.5, 0.6) is 0 Å². The van der Waals surface area contributed by atoms with E-state index in [0.29, 0.717) is 0 Å². The number of nitrogens with zero attached hydrogens (tertiary/aromatic N) is 1. The second-order valence-corrected chi connectivity index (χ2v) is 6.86. The number of hydrogen-bond donors (Lipinski definition) is 2. The fraction of sp³-hybridized carbons (Fsp3) is 0.857. The Morgan fingerprint density at radius 2 is 2.00 bits per heavy atom. The summed E-state index contributed by atoms with van der Waals surface area (Å²) in [6.07, 6.45) is 2.92. The fourth-order valence-corrected chi connectivity index (χ4v) is 1.10. The molecule has 0 aromatic carbocycles. The van der Waals surface area contributed by atoms with Crippen LogP contribution in [-0.4, -0.2) is 33.1 Å². The first-order valence-electron chi connectivity index (χ1n) is 3.54. The summed E-state index contributed by atoms with van der Waals surface area (Å²) >= 11 is 0. The van der Waals surface area contributed by atoms with E-state index in [-0.39, 0.29) is 11.4 Å². The first-order chi connectivity index (χ1) is 4.81. The zero-order chi connectivity index (χ0) is 9.12. The van der Waals surface area contributed by atoms with E-state index in [1.165, 1.54) is 6.21 Å². The highest BCUT2D eigenvalue weighted by Gasteiger charge is 2.23. The Kier molecular flexibility index (Phi) is 3.38. The molecule has 0 rings (SSSR count). The minimum Gasteiger partial charge on any atom is -0.391 e. The molecule has 0 aliphatic carbocycles. The van der Waals surface area contributed by atoms with E-state index in [1.54, 1.807) is 6.26 Å². The van der Waals surface area contributed by atoms with E-state index >= 15 is 0 Å². The van der Waals surface area contributed by atoms with Crippen molar-refractivity contribution < 1.29 is 9.32 Å². The van der Waals surface area contributed by atoms with Gasteiger partial charge in [0, 0.05) is 17.2 Å². The van der Waals surface area contributed by atoms with Crippen molar-refractivity contribution in [3.05, 3.63) is 0 Å². The number of aliphatic hydroxyl groups is 1. The van der Waals surface area contributed by atoms with Gasteiger partial charge in [0.05, 0.1) is 6.61 Å². The van der Waals surface area contributed by atoms with Crippen LogP contribution in [0.4, 0.5) is 0 Å². The molecule has 0 radical (unpaired) electrons. The van der Waals surface area contributed by atoms with E-state index in [1.807, 2.05) is 20.8 Å². The molecule has 0 fully saturated rings. The lowest BCUT2D eigenvalue weighted by Crippen LogP contribution is -2.31. The van der Waals surface area contributed by atoms with Crippen LogP contribution in [-0.2, 0) is 10.1 Å². The highest BCUT2D eigenvalue weighted by Crippen LogP contribution is 2.21. The average molecular weight is 179 g/mol. The number of hydrogen-bond acceptors (Lipinski definition) is 2. The van der Waals surface area contributed by atoms with Gasteiger partial charge in [-0.2, -0.15) is 0 Å². The molecule has 0 amide bonds. The summed E-state index contributed by atoms with van der Waals surface area (Å²) < 4.78 is 15.2. The summed E-state index contributed by atoms with van der Waals surface area (Å²) in [4.78, 5) is 0. The van der Waals surface area contributed by atoms with Gasteiger partial charge in [0.2, 0.25) is 0 Å². The molecule has 0 bridgehead atoms. The predicted octanol–water partition coefficient (Wildman–Crippen LogP) is 0.410. The van der Waals surface area contributed by atoms with E-state index in [0.717, 1.165) is 0 Å². The number of rotatable bonds is 2. The topological polar surface area (TPSA) is 49.7 Å². The minimum absolute atomic E-state index is 0.145. The normalized spacial score (nSPS) is 15.7. The van der Waals surface area contributed by atoms with Crippen molar-refractivity contribution >= 4 is 16.3 Å². The highest BCUT2D eigenvalue weighted by atomic mass is 32.3. The van der Waals surface area contributed by atoms with Gasteiger partial charge in [0.15, 0.2) is 0 Å². The summed E-state index contributed by atoms with van der Waals surface area (Å²) in [5, 5.41) is 8.42. The lowest BCUT2D eigenvalue weighted by atomic mass is 10.3. The molecule has 0 aromatic rings. The Hall–Kier alpha value is -0.220. The fourth-order valence-electron chi connectivity index (χ4n) is 0.366. The Morgan fingerprint density at radius 3 is 2.27 bits per heavy atom. The molecule has 11 heavy (non-hydrogen) atoms. The van der Waals surface area contributed by atoms with Crippen LogP contribution in [0.1, 0.15) is 20.8 Å². The van der Waals surface area contributed by atoms with Gasteiger partial charge >= 0.3 is 0 Å². The van der Waals surface area contributed by atoms with E-state index in [4.69, 9.17) is 5.11 Å². The molecule has 0 spiro atoms. The molecular formula is C7H17NO2S. The standard InChI is InChI=1S/C7H17NO2S/c1-7(2,3)11(4,10)8-5-6-9/h5,9,11H,6H2,1-4H3/b8-5+. The van der Waals surface area contributed by atoms with Crippen LogP contribution in [0.15, 0.2) is 4.40 Å². The lowest BCUT2D eigenvalue weighted by molar-refractivity contribution is 0.362. The van der Waals surface area contributed by atoms with Gasteiger partial charge < -0.3 is 5.11 Å². The molecule has 3 nitrogen and oxygen atoms in total. The van der Waals surface area contributed by atoms with Crippen LogP contribution in [0, 0.1) is 0 Å². The molecule has 68 valence electrons. The van der Waals surface area contributed by atoms with Gasteiger partial charge in [-0.05, 0) is 30.9 Å². The van der Waals surface area contributed by atoms with Gasteiger partial charge in [-0.15, -0.1) is 0 Å². The summed E-state index contributed by atoms with van der Waals surface area (Å²) in [5.41, 5.74) is 0. The molecule has 0 aromatic heterocycles. The molecule has 0 unspecified atom stereocenters. The molecule has 0 saturated carbocycles. The average Bonchev–Trinajstić information content (AvgIpc) is 1.81. The summed E-state index contributed by atoms with van der Waals surface area (Å²) in [7, 11) is -2.48. The minimum atomic E-state index is -2.48. The summed E-state index contributed by atoms with van der Waals surface area (Å²) in [5.74, 6) is 0. The Morgan fingerprint density at radius 1 is 1.55 bits per heavy atom. The molecule has 0 atom stereocenters. The second-order valence-electron chi connectivity index (χ2n) is 3.53. The zero-order valence-corrected chi connectivity index (χ0v) is 8.43. The van der Waals surface area contributed by atoms with E-state index < -0.39 is 10.1 Å². The third-order valence-electron chi connectivity index (χ3n) is 1.63. The quantitative estimate of drug-likeness (QED) is 0.476. The molecule has 4 heteroatoms. The van der Waals surface area contributed by atoms with Crippen LogP contribution in [0.2, 0.25) is 0 Å². The maximum Gasteiger partial charge on any atom is 0.0790 e. The number of thiol groups is 1. The van der Waals surface area contributed by atoms with Crippen molar-refractivity contribution in [2.45, 2.75) is 25.5 Å². The van der Waals surface area contributed by atoms with Crippen molar-refractivity contribution in [1.82, 2.24) is 0 Å². The van der Waals surface area contributed by atoms with Gasteiger partial charge in [-0.25, -0.2) is 4.40 Å². The van der Waals surface area contributed by atoms with Gasteiger partial charge in [-0.1, -0.05) is 0 Å². The highest BCUT2D eigenvalue weighted by molar-refractivity contribution is 8.02.